The summed E-state index contributed by atoms with van der Waals surface area (Å²) in [5.41, 5.74) is 2.11. The third-order valence-corrected chi connectivity index (χ3v) is 12.0. The largest absolute Gasteiger partial charge is 0.297 e. The van der Waals surface area contributed by atoms with E-state index in [1.54, 1.807) is 12.1 Å². The molecule has 184 valence electrons. The van der Waals surface area contributed by atoms with Gasteiger partial charge in [0.2, 0.25) is 0 Å². The van der Waals surface area contributed by atoms with Crippen LogP contribution in [-0.2, 0) is 19.7 Å². The van der Waals surface area contributed by atoms with Gasteiger partial charge in [-0.25, -0.2) is 0 Å². The topological polar surface area (TPSA) is 43.4 Å². The van der Waals surface area contributed by atoms with Crippen molar-refractivity contribution in [3.05, 3.63) is 29.8 Å². The SMILES string of the molecule is CC(C)(C)c1ccc(S(=O)(=O)O[C@@H]2CC[C@@]3(C)[C@@H](CC[C@H]4[C@@H]5CCC[C@@]5(C)CC[C@@H]43)C2)cc1. The van der Waals surface area contributed by atoms with Gasteiger partial charge in [0.1, 0.15) is 0 Å². The molecule has 5 rings (SSSR count). The van der Waals surface area contributed by atoms with Crippen molar-refractivity contribution in [1.82, 2.24) is 0 Å². The van der Waals surface area contributed by atoms with E-state index in [4.69, 9.17) is 4.18 Å². The zero-order valence-corrected chi connectivity index (χ0v) is 22.2. The van der Waals surface area contributed by atoms with E-state index in [9.17, 15) is 8.42 Å². The summed E-state index contributed by atoms with van der Waals surface area (Å²) < 4.78 is 32.0. The van der Waals surface area contributed by atoms with E-state index in [0.29, 0.717) is 21.6 Å². The minimum Gasteiger partial charge on any atom is -0.263 e. The van der Waals surface area contributed by atoms with Gasteiger partial charge in [0.25, 0.3) is 10.1 Å². The molecule has 0 radical (unpaired) electrons. The smallest absolute Gasteiger partial charge is 0.263 e. The van der Waals surface area contributed by atoms with Crippen LogP contribution in [0.15, 0.2) is 29.2 Å². The van der Waals surface area contributed by atoms with Crippen LogP contribution in [0.2, 0.25) is 0 Å². The fraction of sp³-hybridized carbons (Fsp3) is 0.793. The molecule has 0 heterocycles. The number of hydrogen-bond donors (Lipinski definition) is 0. The first-order valence-corrected chi connectivity index (χ1v) is 14.9. The van der Waals surface area contributed by atoms with Gasteiger partial charge in [0, 0.05) is 0 Å². The van der Waals surface area contributed by atoms with Gasteiger partial charge >= 0.3 is 0 Å². The molecule has 0 amide bonds. The van der Waals surface area contributed by atoms with Crippen LogP contribution >= 0.6 is 0 Å². The zero-order chi connectivity index (χ0) is 23.6. The Morgan fingerprint density at radius 1 is 0.879 bits per heavy atom. The van der Waals surface area contributed by atoms with Gasteiger partial charge in [-0.15, -0.1) is 0 Å². The van der Waals surface area contributed by atoms with Crippen LogP contribution < -0.4 is 0 Å². The Labute approximate surface area is 202 Å². The van der Waals surface area contributed by atoms with Crippen molar-refractivity contribution in [3.8, 4) is 0 Å². The minimum absolute atomic E-state index is 0.00483. The Hall–Kier alpha value is -0.870. The van der Waals surface area contributed by atoms with E-state index < -0.39 is 10.1 Å². The van der Waals surface area contributed by atoms with Gasteiger partial charge in [0.05, 0.1) is 11.0 Å². The molecule has 7 atom stereocenters. The summed E-state index contributed by atoms with van der Waals surface area (Å²) in [4.78, 5) is 0.292. The maximum atomic E-state index is 13.1. The maximum absolute atomic E-state index is 13.1. The van der Waals surface area contributed by atoms with Gasteiger partial charge < -0.3 is 0 Å². The van der Waals surface area contributed by atoms with Crippen LogP contribution in [-0.4, -0.2) is 14.5 Å². The Morgan fingerprint density at radius 3 is 2.30 bits per heavy atom. The molecule has 3 nitrogen and oxygen atoms in total. The molecule has 4 fully saturated rings. The Bertz CT molecular complexity index is 975. The molecule has 4 aliphatic rings. The first-order valence-electron chi connectivity index (χ1n) is 13.5. The van der Waals surface area contributed by atoms with E-state index in [2.05, 4.69) is 34.6 Å². The lowest BCUT2D eigenvalue weighted by Gasteiger charge is -2.60. The van der Waals surface area contributed by atoms with Gasteiger partial charge in [-0.3, -0.25) is 4.18 Å². The molecule has 33 heavy (non-hydrogen) atoms. The highest BCUT2D eigenvalue weighted by Gasteiger charge is 2.58. The average Bonchev–Trinajstić information content (AvgIpc) is 3.15. The van der Waals surface area contributed by atoms with Crippen molar-refractivity contribution < 1.29 is 12.6 Å². The van der Waals surface area contributed by atoms with Crippen LogP contribution in [0.3, 0.4) is 0 Å². The Kier molecular flexibility index (Phi) is 5.84. The zero-order valence-electron chi connectivity index (χ0n) is 21.4. The molecule has 0 spiro atoms. The normalized spacial score (nSPS) is 41.2. The molecule has 0 bridgehead atoms. The fourth-order valence-electron chi connectivity index (χ4n) is 8.66. The van der Waals surface area contributed by atoms with Crippen molar-refractivity contribution in [1.29, 1.82) is 0 Å². The molecule has 4 heteroatoms. The van der Waals surface area contributed by atoms with Crippen molar-refractivity contribution in [3.63, 3.8) is 0 Å². The van der Waals surface area contributed by atoms with E-state index in [1.807, 2.05) is 12.1 Å². The average molecular weight is 473 g/mol. The van der Waals surface area contributed by atoms with E-state index in [-0.39, 0.29) is 11.5 Å². The predicted octanol–water partition coefficient (Wildman–Crippen LogP) is 7.49. The van der Waals surface area contributed by atoms with E-state index in [0.717, 1.165) is 42.6 Å². The quantitative estimate of drug-likeness (QED) is 0.428. The maximum Gasteiger partial charge on any atom is 0.297 e. The molecule has 0 saturated heterocycles. The molecule has 0 aromatic heterocycles. The summed E-state index contributed by atoms with van der Waals surface area (Å²) in [7, 11) is -3.72. The monoisotopic (exact) mass is 472 g/mol. The highest BCUT2D eigenvalue weighted by Crippen LogP contribution is 2.66. The minimum atomic E-state index is -3.72. The molecular formula is C29H44O3S. The van der Waals surface area contributed by atoms with Gasteiger partial charge in [-0.1, -0.05) is 53.2 Å². The van der Waals surface area contributed by atoms with E-state index in [1.165, 1.54) is 44.9 Å². The molecule has 0 aliphatic heterocycles. The van der Waals surface area contributed by atoms with Gasteiger partial charge in [0.15, 0.2) is 0 Å². The molecule has 0 unspecified atom stereocenters. The highest BCUT2D eigenvalue weighted by atomic mass is 32.2. The second kappa shape index (κ2) is 8.08. The summed E-state index contributed by atoms with van der Waals surface area (Å²) in [6.45, 7) is 11.5. The summed E-state index contributed by atoms with van der Waals surface area (Å²) in [5.74, 6) is 3.26. The molecule has 4 saturated carbocycles. The second-order valence-corrected chi connectivity index (χ2v) is 15.0. The number of fused-ring (bicyclic) bond motifs is 5. The highest BCUT2D eigenvalue weighted by molar-refractivity contribution is 7.86. The lowest BCUT2D eigenvalue weighted by Crippen LogP contribution is -2.53. The molecule has 4 aliphatic carbocycles. The molecular weight excluding hydrogens is 428 g/mol. The third kappa shape index (κ3) is 4.11. The van der Waals surface area contributed by atoms with E-state index >= 15 is 0 Å². The van der Waals surface area contributed by atoms with Crippen molar-refractivity contribution in [2.24, 2.45) is 34.5 Å². The summed E-state index contributed by atoms with van der Waals surface area (Å²) in [5, 5.41) is 0. The number of benzene rings is 1. The first kappa shape index (κ1) is 23.9. The van der Waals surface area contributed by atoms with Crippen LogP contribution in [0.1, 0.15) is 104 Å². The predicted molar refractivity (Wildman–Crippen MR) is 134 cm³/mol. The second-order valence-electron chi connectivity index (χ2n) is 13.5. The lowest BCUT2D eigenvalue weighted by molar-refractivity contribution is -0.117. The standard InChI is InChI=1S/C29H44O3S/c1-27(2,3)20-8-11-23(12-9-20)33(30,31)32-22-14-18-29(5)21(19-22)10-13-24-25-7-6-16-28(25,4)17-15-26(24)29/h8-9,11-12,21-22,24-26H,6-7,10,13-19H2,1-5H3/t21-,22+,24-,25-,26-,28-,29-/m0/s1. The summed E-state index contributed by atoms with van der Waals surface area (Å²) >= 11 is 0. The van der Waals surface area contributed by atoms with Crippen molar-refractivity contribution in [2.75, 3.05) is 0 Å². The Morgan fingerprint density at radius 2 is 1.61 bits per heavy atom. The van der Waals surface area contributed by atoms with Crippen LogP contribution in [0, 0.1) is 34.5 Å². The van der Waals surface area contributed by atoms with Gasteiger partial charge in [-0.2, -0.15) is 8.42 Å². The van der Waals surface area contributed by atoms with Crippen LogP contribution in [0.25, 0.3) is 0 Å². The fourth-order valence-corrected chi connectivity index (χ4v) is 9.77. The third-order valence-electron chi connectivity index (χ3n) is 10.7. The molecule has 1 aromatic carbocycles. The summed E-state index contributed by atoms with van der Waals surface area (Å²) in [6, 6.07) is 7.29. The first-order chi connectivity index (χ1) is 15.4. The van der Waals surface area contributed by atoms with Crippen LogP contribution in [0.4, 0.5) is 0 Å². The number of hydrogen-bond acceptors (Lipinski definition) is 3. The number of rotatable bonds is 3. The molecule has 0 N–H and O–H groups in total. The van der Waals surface area contributed by atoms with Crippen molar-refractivity contribution in [2.45, 2.75) is 115 Å². The molecule has 1 aromatic rings. The van der Waals surface area contributed by atoms with Crippen LogP contribution in [0.5, 0.6) is 0 Å². The van der Waals surface area contributed by atoms with Crippen molar-refractivity contribution >= 4 is 10.1 Å². The van der Waals surface area contributed by atoms with Gasteiger partial charge in [-0.05, 0) is 115 Å². The lowest BCUT2D eigenvalue weighted by atomic mass is 9.45. The Balaban J connectivity index is 1.27. The summed E-state index contributed by atoms with van der Waals surface area (Å²) in [6.07, 6.45) is 12.4.